The van der Waals surface area contributed by atoms with Gasteiger partial charge in [-0.2, -0.15) is 0 Å². The third kappa shape index (κ3) is 2.88. The molecule has 4 heteroatoms. The molecule has 1 amide bonds. The van der Waals surface area contributed by atoms with Crippen molar-refractivity contribution in [1.82, 2.24) is 5.32 Å². The van der Waals surface area contributed by atoms with Gasteiger partial charge in [0.2, 0.25) is 0 Å². The lowest BCUT2D eigenvalue weighted by molar-refractivity contribution is 0.0959. The zero-order valence-electron chi connectivity index (χ0n) is 11.0. The van der Waals surface area contributed by atoms with Crippen LogP contribution in [0.1, 0.15) is 28.6 Å². The molecule has 3 nitrogen and oxygen atoms in total. The van der Waals surface area contributed by atoms with E-state index in [1.807, 2.05) is 25.1 Å². The average molecular weight is 272 g/mol. The third-order valence-electron chi connectivity index (χ3n) is 2.80. The second kappa shape index (κ2) is 5.77. The highest BCUT2D eigenvalue weighted by atomic mass is 32.1. The van der Waals surface area contributed by atoms with Gasteiger partial charge < -0.3 is 11.1 Å². The highest BCUT2D eigenvalue weighted by molar-refractivity contribution is 7.21. The number of hydrogen-bond donors (Lipinski definition) is 2. The second-order valence-electron chi connectivity index (χ2n) is 4.28. The fourth-order valence-electron chi connectivity index (χ4n) is 1.84. The predicted molar refractivity (Wildman–Crippen MR) is 81.4 cm³/mol. The van der Waals surface area contributed by atoms with Crippen LogP contribution >= 0.6 is 11.3 Å². The van der Waals surface area contributed by atoms with E-state index < -0.39 is 0 Å². The summed E-state index contributed by atoms with van der Waals surface area (Å²) in [4.78, 5) is 12.6. The fourth-order valence-corrected chi connectivity index (χ4v) is 2.86. The first-order chi connectivity index (χ1) is 9.13. The Bertz CT molecular complexity index is 676. The van der Waals surface area contributed by atoms with E-state index in [1.165, 1.54) is 11.3 Å². The molecular weight excluding hydrogens is 256 g/mol. The van der Waals surface area contributed by atoms with E-state index >= 15 is 0 Å². The van der Waals surface area contributed by atoms with Crippen molar-refractivity contribution in [3.8, 4) is 11.8 Å². The average Bonchev–Trinajstić information content (AvgIpc) is 2.72. The van der Waals surface area contributed by atoms with Crippen molar-refractivity contribution < 1.29 is 4.79 Å². The topological polar surface area (TPSA) is 55.1 Å². The van der Waals surface area contributed by atoms with Gasteiger partial charge in [0.05, 0.1) is 5.69 Å². The number of carbonyl (C=O) groups excluding carboxylic acids is 1. The SMILES string of the molecule is CC#CCCNC(=O)c1sc2ccc(C)cc2c1N. The maximum atomic E-state index is 12.1. The summed E-state index contributed by atoms with van der Waals surface area (Å²) >= 11 is 1.43. The summed E-state index contributed by atoms with van der Waals surface area (Å²) in [6.45, 7) is 4.35. The maximum Gasteiger partial charge on any atom is 0.263 e. The van der Waals surface area contributed by atoms with Gasteiger partial charge in [0, 0.05) is 23.1 Å². The third-order valence-corrected chi connectivity index (χ3v) is 3.99. The molecule has 0 aliphatic carbocycles. The van der Waals surface area contributed by atoms with E-state index in [1.54, 1.807) is 6.92 Å². The van der Waals surface area contributed by atoms with Gasteiger partial charge in [-0.05, 0) is 26.0 Å². The first-order valence-corrected chi connectivity index (χ1v) is 6.91. The zero-order valence-corrected chi connectivity index (χ0v) is 11.9. The lowest BCUT2D eigenvalue weighted by atomic mass is 10.1. The van der Waals surface area contributed by atoms with Gasteiger partial charge in [0.1, 0.15) is 4.88 Å². The van der Waals surface area contributed by atoms with E-state index in [9.17, 15) is 4.79 Å². The van der Waals surface area contributed by atoms with Crippen molar-refractivity contribution in [2.45, 2.75) is 20.3 Å². The zero-order chi connectivity index (χ0) is 13.8. The molecule has 19 heavy (non-hydrogen) atoms. The molecule has 0 aliphatic rings. The second-order valence-corrected chi connectivity index (χ2v) is 5.33. The van der Waals surface area contributed by atoms with E-state index in [4.69, 9.17) is 5.73 Å². The van der Waals surface area contributed by atoms with Crippen LogP contribution in [0.3, 0.4) is 0 Å². The minimum Gasteiger partial charge on any atom is -0.397 e. The van der Waals surface area contributed by atoms with Gasteiger partial charge in [0.15, 0.2) is 0 Å². The lowest BCUT2D eigenvalue weighted by Crippen LogP contribution is -2.24. The molecule has 1 heterocycles. The number of carbonyl (C=O) groups is 1. The van der Waals surface area contributed by atoms with Crippen LogP contribution in [0.2, 0.25) is 0 Å². The molecule has 98 valence electrons. The summed E-state index contributed by atoms with van der Waals surface area (Å²) in [7, 11) is 0. The highest BCUT2D eigenvalue weighted by Crippen LogP contribution is 2.34. The molecule has 0 saturated heterocycles. The van der Waals surface area contributed by atoms with Gasteiger partial charge in [-0.3, -0.25) is 4.79 Å². The summed E-state index contributed by atoms with van der Waals surface area (Å²) in [5.41, 5.74) is 7.77. The lowest BCUT2D eigenvalue weighted by Gasteiger charge is -2.01. The molecule has 0 saturated carbocycles. The molecule has 0 atom stereocenters. The Balaban J connectivity index is 2.22. The van der Waals surface area contributed by atoms with Crippen molar-refractivity contribution in [3.05, 3.63) is 28.6 Å². The van der Waals surface area contributed by atoms with Crippen LogP contribution in [0, 0.1) is 18.8 Å². The molecule has 0 spiro atoms. The summed E-state index contributed by atoms with van der Waals surface area (Å²) < 4.78 is 1.04. The monoisotopic (exact) mass is 272 g/mol. The predicted octanol–water partition coefficient (Wildman–Crippen LogP) is 2.94. The van der Waals surface area contributed by atoms with Crippen molar-refractivity contribution >= 4 is 33.0 Å². The van der Waals surface area contributed by atoms with Crippen molar-refractivity contribution in [1.29, 1.82) is 0 Å². The summed E-state index contributed by atoms with van der Waals surface area (Å²) in [6, 6.07) is 6.04. The van der Waals surface area contributed by atoms with Crippen LogP contribution in [0.5, 0.6) is 0 Å². The smallest absolute Gasteiger partial charge is 0.263 e. The Morgan fingerprint density at radius 1 is 1.47 bits per heavy atom. The van der Waals surface area contributed by atoms with Gasteiger partial charge in [-0.1, -0.05) is 11.6 Å². The summed E-state index contributed by atoms with van der Waals surface area (Å²) in [6.07, 6.45) is 0.659. The van der Waals surface area contributed by atoms with Crippen molar-refractivity contribution in [2.75, 3.05) is 12.3 Å². The first kappa shape index (κ1) is 13.4. The normalized spacial score (nSPS) is 10.0. The molecule has 2 aromatic rings. The molecule has 0 bridgehead atoms. The van der Waals surface area contributed by atoms with Crippen molar-refractivity contribution in [2.24, 2.45) is 0 Å². The number of benzene rings is 1. The number of rotatable bonds is 3. The Labute approximate surface area is 116 Å². The minimum absolute atomic E-state index is 0.116. The van der Waals surface area contributed by atoms with Crippen LogP contribution in [-0.4, -0.2) is 12.5 Å². The number of thiophene rings is 1. The van der Waals surface area contributed by atoms with E-state index in [-0.39, 0.29) is 5.91 Å². The Hall–Kier alpha value is -1.99. The molecule has 0 unspecified atom stereocenters. The number of nitrogens with one attached hydrogen (secondary N) is 1. The first-order valence-electron chi connectivity index (χ1n) is 6.10. The van der Waals surface area contributed by atoms with Gasteiger partial charge in [0.25, 0.3) is 5.91 Å². The minimum atomic E-state index is -0.116. The molecule has 0 fully saturated rings. The fraction of sp³-hybridized carbons (Fsp3) is 0.267. The van der Waals surface area contributed by atoms with Crippen LogP contribution in [0.15, 0.2) is 18.2 Å². The molecular formula is C15H16N2OS. The number of amides is 1. The van der Waals surface area contributed by atoms with Gasteiger partial charge in [-0.15, -0.1) is 23.2 Å². The Morgan fingerprint density at radius 2 is 2.26 bits per heavy atom. The highest BCUT2D eigenvalue weighted by Gasteiger charge is 2.15. The molecule has 1 aromatic heterocycles. The number of hydrogen-bond acceptors (Lipinski definition) is 3. The van der Waals surface area contributed by atoms with Gasteiger partial charge in [-0.25, -0.2) is 0 Å². The van der Waals surface area contributed by atoms with E-state index in [0.717, 1.165) is 15.6 Å². The number of nitrogen functional groups attached to an aromatic ring is 1. The Kier molecular flexibility index (Phi) is 4.08. The van der Waals surface area contributed by atoms with Crippen LogP contribution in [0.4, 0.5) is 5.69 Å². The molecule has 0 aliphatic heterocycles. The standard InChI is InChI=1S/C15H16N2OS/c1-3-4-5-8-17-15(18)14-13(16)11-9-10(2)6-7-12(11)19-14/h6-7,9H,5,8,16H2,1-2H3,(H,17,18). The number of aryl methyl sites for hydroxylation is 1. The van der Waals surface area contributed by atoms with Crippen LogP contribution in [0.25, 0.3) is 10.1 Å². The molecule has 2 rings (SSSR count). The summed E-state index contributed by atoms with van der Waals surface area (Å²) in [5.74, 6) is 5.59. The Morgan fingerprint density at radius 3 is 3.00 bits per heavy atom. The quantitative estimate of drug-likeness (QED) is 0.666. The summed E-state index contributed by atoms with van der Waals surface area (Å²) in [5, 5.41) is 3.80. The molecule has 3 N–H and O–H groups in total. The van der Waals surface area contributed by atoms with Crippen molar-refractivity contribution in [3.63, 3.8) is 0 Å². The number of anilines is 1. The van der Waals surface area contributed by atoms with E-state index in [2.05, 4.69) is 17.2 Å². The van der Waals surface area contributed by atoms with Crippen LogP contribution < -0.4 is 11.1 Å². The number of fused-ring (bicyclic) bond motifs is 1. The maximum absolute atomic E-state index is 12.1. The largest absolute Gasteiger partial charge is 0.397 e. The molecule has 0 radical (unpaired) electrons. The molecule has 1 aromatic carbocycles. The number of nitrogens with two attached hydrogens (primary N) is 1. The van der Waals surface area contributed by atoms with E-state index in [0.29, 0.717) is 23.5 Å². The van der Waals surface area contributed by atoms with Crippen LogP contribution in [-0.2, 0) is 0 Å². The van der Waals surface area contributed by atoms with Gasteiger partial charge >= 0.3 is 0 Å².